The minimum Gasteiger partial charge on any atom is -0.619 e. The molecule has 0 saturated heterocycles. The van der Waals surface area contributed by atoms with Gasteiger partial charge in [-0.3, -0.25) is 4.98 Å². The number of halogens is 6. The summed E-state index contributed by atoms with van der Waals surface area (Å²) in [5.74, 6) is 0. The number of alkyl halides is 2. The first-order valence-electron chi connectivity index (χ1n) is 8.86. The van der Waals surface area contributed by atoms with Crippen molar-refractivity contribution in [3.63, 3.8) is 0 Å². The maximum absolute atomic E-state index is 12.3. The zero-order valence-corrected chi connectivity index (χ0v) is 17.7. The molecule has 0 atom stereocenters. The average molecular weight is 436 g/mol. The second-order valence-electron chi connectivity index (χ2n) is 8.24. The van der Waals surface area contributed by atoms with E-state index in [0.717, 1.165) is 10.3 Å². The highest BCUT2D eigenvalue weighted by Crippen LogP contribution is 2.25. The molecular weight excluding hydrogens is 410 g/mol. The van der Waals surface area contributed by atoms with Gasteiger partial charge in [-0.15, -0.1) is 0 Å². The lowest BCUT2D eigenvalue weighted by Gasteiger charge is -2.19. The van der Waals surface area contributed by atoms with Gasteiger partial charge < -0.3 is 5.21 Å². The number of rotatable bonds is 1. The molecule has 2 rings (SSSR count). The van der Waals surface area contributed by atoms with Crippen molar-refractivity contribution in [1.82, 2.24) is 4.98 Å². The smallest absolute Gasteiger partial charge is 0.334 e. The number of pyridine rings is 2. The molecule has 168 valence electrons. The number of aromatic nitrogens is 2. The Hall–Kier alpha value is -2.58. The number of hydrogen-bond acceptors (Lipinski definition) is 2. The van der Waals surface area contributed by atoms with E-state index in [9.17, 15) is 31.5 Å². The zero-order chi connectivity index (χ0) is 23.7. The minimum absolute atomic E-state index is 0.105. The lowest BCUT2D eigenvalue weighted by atomic mass is 9.87. The Kier molecular flexibility index (Phi) is 10.6. The summed E-state index contributed by atoms with van der Waals surface area (Å²) in [4.78, 5) is 3.60. The molecule has 30 heavy (non-hydrogen) atoms. The quantitative estimate of drug-likeness (QED) is 0.276. The molecule has 0 amide bonds. The standard InChI is InChI=1S/C10H13F2N.C9H13NO.C2F4/c1-10(2,3)7-4-5-13-8(6-7)9(11)12;1-9(2,3)8-4-6-10(11)7-5-8;3-1(4)2(5)6/h4-6,9H,1-3H3;4-7H,1-3H3;. The Balaban J connectivity index is 0.000000450. The third kappa shape index (κ3) is 10.8. The number of hydrogen-bond donors (Lipinski definition) is 0. The fraction of sp³-hybridized carbons (Fsp3) is 0.429. The van der Waals surface area contributed by atoms with Crippen LogP contribution < -0.4 is 4.73 Å². The second-order valence-corrected chi connectivity index (χ2v) is 8.24. The van der Waals surface area contributed by atoms with Gasteiger partial charge in [-0.25, -0.2) is 8.78 Å². The molecule has 2 heterocycles. The van der Waals surface area contributed by atoms with Crippen molar-refractivity contribution in [2.75, 3.05) is 0 Å². The Morgan fingerprint density at radius 1 is 0.833 bits per heavy atom. The highest BCUT2D eigenvalue weighted by molar-refractivity contribution is 5.24. The first-order valence-corrected chi connectivity index (χ1v) is 8.86. The molecule has 0 N–H and O–H groups in total. The van der Waals surface area contributed by atoms with Crippen molar-refractivity contribution >= 4 is 0 Å². The predicted octanol–water partition coefficient (Wildman–Crippen LogP) is 6.93. The summed E-state index contributed by atoms with van der Waals surface area (Å²) in [6, 6.07) is 6.94. The largest absolute Gasteiger partial charge is 0.619 e. The van der Waals surface area contributed by atoms with E-state index in [1.807, 2.05) is 32.9 Å². The van der Waals surface area contributed by atoms with E-state index >= 15 is 0 Å². The van der Waals surface area contributed by atoms with E-state index < -0.39 is 18.6 Å². The normalized spacial score (nSPS) is 11.1. The van der Waals surface area contributed by atoms with Crippen molar-refractivity contribution in [3.05, 3.63) is 77.0 Å². The van der Waals surface area contributed by atoms with Crippen molar-refractivity contribution in [2.24, 2.45) is 0 Å². The summed E-state index contributed by atoms with van der Waals surface area (Å²) in [7, 11) is 0. The minimum atomic E-state index is -2.91. The fourth-order valence-electron chi connectivity index (χ4n) is 1.95. The van der Waals surface area contributed by atoms with Crippen molar-refractivity contribution in [1.29, 1.82) is 0 Å². The molecule has 2 aromatic heterocycles. The second kappa shape index (κ2) is 11.6. The van der Waals surface area contributed by atoms with Gasteiger partial charge in [-0.2, -0.15) is 22.3 Å². The molecule has 2 aromatic rings. The third-order valence-corrected chi connectivity index (χ3v) is 3.68. The lowest BCUT2D eigenvalue weighted by Crippen LogP contribution is -2.25. The van der Waals surface area contributed by atoms with Crippen LogP contribution in [0.3, 0.4) is 0 Å². The molecule has 0 aliphatic carbocycles. The lowest BCUT2D eigenvalue weighted by molar-refractivity contribution is -0.605. The van der Waals surface area contributed by atoms with Crippen LogP contribution in [0.5, 0.6) is 0 Å². The van der Waals surface area contributed by atoms with Gasteiger partial charge in [0.15, 0.2) is 12.4 Å². The van der Waals surface area contributed by atoms with Crippen molar-refractivity contribution < 1.29 is 31.1 Å². The van der Waals surface area contributed by atoms with E-state index in [1.165, 1.54) is 30.2 Å². The van der Waals surface area contributed by atoms with Gasteiger partial charge >= 0.3 is 12.2 Å². The summed E-state index contributed by atoms with van der Waals surface area (Å²) in [5.41, 5.74) is 1.95. The molecule has 0 unspecified atom stereocenters. The monoisotopic (exact) mass is 436 g/mol. The summed E-state index contributed by atoms with van der Waals surface area (Å²) >= 11 is 0. The maximum Gasteiger partial charge on any atom is 0.334 e. The highest BCUT2D eigenvalue weighted by atomic mass is 19.3. The van der Waals surface area contributed by atoms with Crippen molar-refractivity contribution in [2.45, 2.75) is 58.8 Å². The van der Waals surface area contributed by atoms with Gasteiger partial charge in [0.1, 0.15) is 5.69 Å². The Morgan fingerprint density at radius 2 is 1.27 bits per heavy atom. The molecule has 0 spiro atoms. The highest BCUT2D eigenvalue weighted by Gasteiger charge is 2.17. The molecule has 0 saturated carbocycles. The topological polar surface area (TPSA) is 39.8 Å². The van der Waals surface area contributed by atoms with Crippen LogP contribution in [0.15, 0.2) is 55.0 Å². The van der Waals surface area contributed by atoms with Crippen LogP contribution in [-0.4, -0.2) is 4.98 Å². The van der Waals surface area contributed by atoms with Gasteiger partial charge in [-0.1, -0.05) is 41.5 Å². The van der Waals surface area contributed by atoms with Crippen LogP contribution in [0.4, 0.5) is 26.3 Å². The fourth-order valence-corrected chi connectivity index (χ4v) is 1.95. The third-order valence-electron chi connectivity index (χ3n) is 3.68. The first kappa shape index (κ1) is 27.4. The molecule has 3 nitrogen and oxygen atoms in total. The predicted molar refractivity (Wildman–Crippen MR) is 103 cm³/mol. The van der Waals surface area contributed by atoms with Crippen molar-refractivity contribution in [3.8, 4) is 0 Å². The van der Waals surface area contributed by atoms with Crippen LogP contribution in [0.25, 0.3) is 0 Å². The van der Waals surface area contributed by atoms with Gasteiger partial charge in [0.05, 0.1) is 0 Å². The molecule has 9 heteroatoms. The molecule has 0 aromatic carbocycles. The first-order chi connectivity index (χ1) is 13.6. The number of nitrogens with zero attached hydrogens (tertiary/aromatic N) is 2. The van der Waals surface area contributed by atoms with Gasteiger partial charge in [0, 0.05) is 18.3 Å². The molecular formula is C21H26F6N2O. The summed E-state index contributed by atoms with van der Waals surface area (Å²) in [5, 5.41) is 10.7. The van der Waals surface area contributed by atoms with Gasteiger partial charge in [0.25, 0.3) is 6.43 Å². The molecule has 0 aliphatic heterocycles. The van der Waals surface area contributed by atoms with Crippen LogP contribution in [0.2, 0.25) is 0 Å². The summed E-state index contributed by atoms with van der Waals surface area (Å²) < 4.78 is 66.5. The van der Waals surface area contributed by atoms with Crippen LogP contribution in [0.1, 0.15) is 64.8 Å². The van der Waals surface area contributed by atoms with E-state index in [4.69, 9.17) is 0 Å². The van der Waals surface area contributed by atoms with Gasteiger partial charge in [0.2, 0.25) is 0 Å². The zero-order valence-electron chi connectivity index (χ0n) is 17.7. The Bertz CT molecular complexity index is 791. The summed E-state index contributed by atoms with van der Waals surface area (Å²) in [6.45, 7) is 12.3. The van der Waals surface area contributed by atoms with E-state index in [-0.39, 0.29) is 16.5 Å². The van der Waals surface area contributed by atoms with Crippen LogP contribution >= 0.6 is 0 Å². The Labute approximate surface area is 172 Å². The van der Waals surface area contributed by atoms with E-state index in [0.29, 0.717) is 0 Å². The molecule has 0 bridgehead atoms. The summed E-state index contributed by atoms with van der Waals surface area (Å²) in [6.07, 6.45) is -3.81. The molecule has 0 fully saturated rings. The van der Waals surface area contributed by atoms with Gasteiger partial charge in [-0.05, 0) is 34.1 Å². The molecule has 0 radical (unpaired) electrons. The average Bonchev–Trinajstić information content (AvgIpc) is 2.61. The Morgan fingerprint density at radius 3 is 1.60 bits per heavy atom. The van der Waals surface area contributed by atoms with Crippen LogP contribution in [-0.2, 0) is 10.8 Å². The van der Waals surface area contributed by atoms with E-state index in [1.54, 1.807) is 6.07 Å². The van der Waals surface area contributed by atoms with Crippen LogP contribution in [0, 0.1) is 5.21 Å². The van der Waals surface area contributed by atoms with E-state index in [2.05, 4.69) is 25.8 Å². The maximum atomic E-state index is 12.3. The SMILES string of the molecule is CC(C)(C)c1cc[n+]([O-])cc1.CC(C)(C)c1ccnc(C(F)F)c1.FC(F)=C(F)F. The molecule has 0 aliphatic rings.